The predicted molar refractivity (Wildman–Crippen MR) is 92.3 cm³/mol. The van der Waals surface area contributed by atoms with Crippen molar-refractivity contribution in [2.24, 2.45) is 0 Å². The summed E-state index contributed by atoms with van der Waals surface area (Å²) in [7, 11) is 0. The van der Waals surface area contributed by atoms with Crippen LogP contribution in [0.25, 0.3) is 0 Å². The standard InChI is InChI=1S/C19H20F2N2O2/c1-13-9-15-6-2-3-8-17(15)23(13)19(24)22-11-14-5-4-7-16(10-14)25-12-18(20)21/h2-8,10,13,18H,9,11-12H2,1H3,(H,22,24). The van der Waals surface area contributed by atoms with Gasteiger partial charge in [0.25, 0.3) is 6.43 Å². The number of anilines is 1. The molecule has 0 radical (unpaired) electrons. The van der Waals surface area contributed by atoms with Gasteiger partial charge in [-0.25, -0.2) is 13.6 Å². The number of carbonyl (C=O) groups is 1. The van der Waals surface area contributed by atoms with Crippen LogP contribution in [0.15, 0.2) is 48.5 Å². The highest BCUT2D eigenvalue weighted by Crippen LogP contribution is 2.31. The van der Waals surface area contributed by atoms with Crippen molar-refractivity contribution >= 4 is 11.7 Å². The van der Waals surface area contributed by atoms with Gasteiger partial charge in [0.05, 0.1) is 0 Å². The molecule has 132 valence electrons. The fraction of sp³-hybridized carbons (Fsp3) is 0.316. The number of amides is 2. The summed E-state index contributed by atoms with van der Waals surface area (Å²) < 4.78 is 29.4. The van der Waals surface area contributed by atoms with E-state index in [4.69, 9.17) is 4.74 Å². The Morgan fingerprint density at radius 3 is 2.88 bits per heavy atom. The maximum absolute atomic E-state index is 12.6. The van der Waals surface area contributed by atoms with E-state index >= 15 is 0 Å². The van der Waals surface area contributed by atoms with Crippen molar-refractivity contribution < 1.29 is 18.3 Å². The normalized spacial score (nSPS) is 16.0. The number of hydrogen-bond acceptors (Lipinski definition) is 2. The molecule has 1 heterocycles. The zero-order valence-corrected chi connectivity index (χ0v) is 13.9. The molecule has 4 nitrogen and oxygen atoms in total. The highest BCUT2D eigenvalue weighted by atomic mass is 19.3. The number of para-hydroxylation sites is 1. The molecule has 2 aromatic carbocycles. The molecule has 1 atom stereocenters. The van der Waals surface area contributed by atoms with Crippen molar-refractivity contribution in [2.75, 3.05) is 11.5 Å². The average molecular weight is 346 g/mol. The first kappa shape index (κ1) is 17.2. The predicted octanol–water partition coefficient (Wildman–Crippen LogP) is 3.99. The molecule has 0 aliphatic carbocycles. The summed E-state index contributed by atoms with van der Waals surface area (Å²) >= 11 is 0. The Balaban J connectivity index is 1.62. The number of nitrogens with one attached hydrogen (secondary N) is 1. The molecular formula is C19H20F2N2O2. The largest absolute Gasteiger partial charge is 0.488 e. The van der Waals surface area contributed by atoms with E-state index in [-0.39, 0.29) is 12.1 Å². The Labute approximate surface area is 145 Å². The molecule has 1 N–H and O–H groups in total. The number of ether oxygens (including phenoxy) is 1. The first-order chi connectivity index (χ1) is 12.0. The van der Waals surface area contributed by atoms with Crippen molar-refractivity contribution in [1.82, 2.24) is 5.32 Å². The molecule has 6 heteroatoms. The Morgan fingerprint density at radius 2 is 2.08 bits per heavy atom. The lowest BCUT2D eigenvalue weighted by Crippen LogP contribution is -2.42. The van der Waals surface area contributed by atoms with Gasteiger partial charge in [-0.1, -0.05) is 30.3 Å². The highest BCUT2D eigenvalue weighted by Gasteiger charge is 2.30. The van der Waals surface area contributed by atoms with Crippen LogP contribution in [0.4, 0.5) is 19.3 Å². The fourth-order valence-electron chi connectivity index (χ4n) is 3.04. The van der Waals surface area contributed by atoms with Crippen LogP contribution in [0.3, 0.4) is 0 Å². The first-order valence-corrected chi connectivity index (χ1v) is 8.19. The van der Waals surface area contributed by atoms with Crippen molar-refractivity contribution in [1.29, 1.82) is 0 Å². The molecule has 0 saturated heterocycles. The molecular weight excluding hydrogens is 326 g/mol. The number of rotatable bonds is 5. The SMILES string of the molecule is CC1Cc2ccccc2N1C(=O)NCc1cccc(OCC(F)F)c1. The Bertz CT molecular complexity index is 752. The van der Waals surface area contributed by atoms with Crippen molar-refractivity contribution in [3.05, 3.63) is 59.7 Å². The van der Waals surface area contributed by atoms with Gasteiger partial charge in [-0.2, -0.15) is 0 Å². The van der Waals surface area contributed by atoms with Gasteiger partial charge in [0, 0.05) is 18.3 Å². The van der Waals surface area contributed by atoms with Crippen LogP contribution in [0.2, 0.25) is 0 Å². The third kappa shape index (κ3) is 4.07. The average Bonchev–Trinajstić information content (AvgIpc) is 2.94. The maximum atomic E-state index is 12.6. The van der Waals surface area contributed by atoms with Gasteiger partial charge in [0.2, 0.25) is 0 Å². The van der Waals surface area contributed by atoms with E-state index in [2.05, 4.69) is 5.32 Å². The van der Waals surface area contributed by atoms with Crippen molar-refractivity contribution in [3.63, 3.8) is 0 Å². The summed E-state index contributed by atoms with van der Waals surface area (Å²) in [5.74, 6) is 0.368. The minimum Gasteiger partial charge on any atom is -0.488 e. The van der Waals surface area contributed by atoms with Crippen LogP contribution in [0.5, 0.6) is 5.75 Å². The Hall–Kier alpha value is -2.63. The molecule has 0 spiro atoms. The number of alkyl halides is 2. The summed E-state index contributed by atoms with van der Waals surface area (Å²) in [6.45, 7) is 1.67. The van der Waals surface area contributed by atoms with E-state index in [1.54, 1.807) is 23.1 Å². The number of hydrogen-bond donors (Lipinski definition) is 1. The lowest BCUT2D eigenvalue weighted by molar-refractivity contribution is 0.0818. The van der Waals surface area contributed by atoms with Crippen LogP contribution in [0, 0.1) is 0 Å². The Morgan fingerprint density at radius 1 is 1.28 bits per heavy atom. The van der Waals surface area contributed by atoms with Crippen LogP contribution >= 0.6 is 0 Å². The van der Waals surface area contributed by atoms with Crippen molar-refractivity contribution in [3.8, 4) is 5.75 Å². The van der Waals surface area contributed by atoms with E-state index in [0.717, 1.165) is 23.2 Å². The first-order valence-electron chi connectivity index (χ1n) is 8.19. The molecule has 0 fully saturated rings. The van der Waals surface area contributed by atoms with E-state index < -0.39 is 13.0 Å². The molecule has 1 unspecified atom stereocenters. The summed E-state index contributed by atoms with van der Waals surface area (Å²) in [6, 6.07) is 14.6. The molecule has 0 saturated carbocycles. The lowest BCUT2D eigenvalue weighted by atomic mass is 10.1. The molecule has 3 rings (SSSR count). The summed E-state index contributed by atoms with van der Waals surface area (Å²) in [5.41, 5.74) is 2.88. The van der Waals surface area contributed by atoms with Gasteiger partial charge in [0.15, 0.2) is 0 Å². The number of nitrogens with zero attached hydrogens (tertiary/aromatic N) is 1. The third-order valence-electron chi connectivity index (χ3n) is 4.14. The van der Waals surface area contributed by atoms with Gasteiger partial charge in [-0.05, 0) is 42.7 Å². The number of benzene rings is 2. The van der Waals surface area contributed by atoms with Gasteiger partial charge < -0.3 is 10.1 Å². The second-order valence-corrected chi connectivity index (χ2v) is 6.06. The van der Waals surface area contributed by atoms with E-state index in [9.17, 15) is 13.6 Å². The van der Waals surface area contributed by atoms with Crippen molar-refractivity contribution in [2.45, 2.75) is 32.4 Å². The molecule has 0 aromatic heterocycles. The molecule has 25 heavy (non-hydrogen) atoms. The van der Waals surface area contributed by atoms with Crippen LogP contribution in [-0.4, -0.2) is 25.1 Å². The van der Waals surface area contributed by atoms with E-state index in [0.29, 0.717) is 12.3 Å². The minimum absolute atomic E-state index is 0.0955. The number of carbonyl (C=O) groups excluding carboxylic acids is 1. The second-order valence-electron chi connectivity index (χ2n) is 6.06. The van der Waals surface area contributed by atoms with Crippen LogP contribution in [0.1, 0.15) is 18.1 Å². The topological polar surface area (TPSA) is 41.6 Å². The van der Waals surface area contributed by atoms with Crippen LogP contribution in [-0.2, 0) is 13.0 Å². The maximum Gasteiger partial charge on any atom is 0.322 e. The molecule has 1 aliphatic heterocycles. The van der Waals surface area contributed by atoms with Crippen LogP contribution < -0.4 is 15.0 Å². The second kappa shape index (κ2) is 7.51. The Kier molecular flexibility index (Phi) is 5.16. The van der Waals surface area contributed by atoms with Gasteiger partial charge in [-0.15, -0.1) is 0 Å². The van der Waals surface area contributed by atoms with E-state index in [1.165, 1.54) is 0 Å². The fourth-order valence-corrected chi connectivity index (χ4v) is 3.04. The zero-order chi connectivity index (χ0) is 17.8. The molecule has 0 bridgehead atoms. The smallest absolute Gasteiger partial charge is 0.322 e. The van der Waals surface area contributed by atoms with E-state index in [1.807, 2.05) is 37.3 Å². The molecule has 2 aromatic rings. The zero-order valence-electron chi connectivity index (χ0n) is 13.9. The number of halogens is 2. The van der Waals surface area contributed by atoms with Gasteiger partial charge in [-0.3, -0.25) is 4.90 Å². The number of fused-ring (bicyclic) bond motifs is 1. The monoisotopic (exact) mass is 346 g/mol. The van der Waals surface area contributed by atoms with Gasteiger partial charge in [0.1, 0.15) is 12.4 Å². The molecule has 1 aliphatic rings. The highest BCUT2D eigenvalue weighted by molar-refractivity contribution is 5.94. The quantitative estimate of drug-likeness (QED) is 0.889. The lowest BCUT2D eigenvalue weighted by Gasteiger charge is -2.23. The summed E-state index contributed by atoms with van der Waals surface area (Å²) in [6.07, 6.45) is -1.68. The summed E-state index contributed by atoms with van der Waals surface area (Å²) in [4.78, 5) is 14.3. The third-order valence-corrected chi connectivity index (χ3v) is 4.14. The minimum atomic E-state index is -2.51. The number of urea groups is 1. The van der Waals surface area contributed by atoms with Gasteiger partial charge >= 0.3 is 6.03 Å². The summed E-state index contributed by atoms with van der Waals surface area (Å²) in [5, 5.41) is 2.89. The molecule has 2 amide bonds.